The van der Waals surface area contributed by atoms with Gasteiger partial charge < -0.3 is 9.09 Å². The highest BCUT2D eigenvalue weighted by Crippen LogP contribution is 2.15. The van der Waals surface area contributed by atoms with Gasteiger partial charge in [0.2, 0.25) is 0 Å². The summed E-state index contributed by atoms with van der Waals surface area (Å²) in [6, 6.07) is 3.56. The Labute approximate surface area is 132 Å². The van der Waals surface area contributed by atoms with Gasteiger partial charge in [-0.05, 0) is 12.1 Å². The van der Waals surface area contributed by atoms with Crippen LogP contribution in [0.4, 0.5) is 0 Å². The molecule has 0 fully saturated rings. The molecule has 120 valence electrons. The first-order valence-electron chi connectivity index (χ1n) is 6.75. The molecule has 3 heterocycles. The third-order valence-corrected chi connectivity index (χ3v) is 4.32. The van der Waals surface area contributed by atoms with Gasteiger partial charge in [0, 0.05) is 38.6 Å². The molecule has 0 aliphatic carbocycles. The van der Waals surface area contributed by atoms with Gasteiger partial charge in [-0.15, -0.1) is 0 Å². The molecule has 9 nitrogen and oxygen atoms in total. The fourth-order valence-electron chi connectivity index (χ4n) is 1.86. The zero-order valence-electron chi connectivity index (χ0n) is 12.2. The van der Waals surface area contributed by atoms with E-state index in [0.717, 1.165) is 0 Å². The van der Waals surface area contributed by atoms with Crippen molar-refractivity contribution < 1.29 is 12.9 Å². The summed E-state index contributed by atoms with van der Waals surface area (Å²) in [5.41, 5.74) is 0.709. The van der Waals surface area contributed by atoms with Gasteiger partial charge in [-0.25, -0.2) is 18.1 Å². The maximum Gasteiger partial charge on any atom is 0.259 e. The molecular formula is C13H14N6O3S. The predicted molar refractivity (Wildman–Crippen MR) is 79.6 cm³/mol. The Kier molecular flexibility index (Phi) is 4.17. The third-order valence-electron chi connectivity index (χ3n) is 2.97. The van der Waals surface area contributed by atoms with Crippen LogP contribution in [0, 0.1) is 0 Å². The minimum atomic E-state index is -3.63. The second-order valence-electron chi connectivity index (χ2n) is 4.78. The number of aryl methyl sites for hydroxylation is 1. The second-order valence-corrected chi connectivity index (χ2v) is 6.50. The summed E-state index contributed by atoms with van der Waals surface area (Å²) < 4.78 is 33.1. The van der Waals surface area contributed by atoms with Crippen molar-refractivity contribution in [3.63, 3.8) is 0 Å². The Morgan fingerprint density at radius 3 is 2.96 bits per heavy atom. The fraction of sp³-hybridized carbons (Fsp3) is 0.231. The van der Waals surface area contributed by atoms with Gasteiger partial charge in [0.1, 0.15) is 0 Å². The monoisotopic (exact) mass is 334 g/mol. The molecule has 1 N–H and O–H groups in total. The molecular weight excluding hydrogens is 320 g/mol. The van der Waals surface area contributed by atoms with Crippen molar-refractivity contribution in [1.82, 2.24) is 29.4 Å². The molecule has 0 saturated carbocycles. The van der Waals surface area contributed by atoms with Gasteiger partial charge in [-0.1, -0.05) is 5.16 Å². The second kappa shape index (κ2) is 6.26. The first-order chi connectivity index (χ1) is 11.0. The minimum absolute atomic E-state index is 0.0239. The lowest BCUT2D eigenvalue weighted by atomic mass is 10.3. The maximum atomic E-state index is 12.0. The van der Waals surface area contributed by atoms with Gasteiger partial charge in [0.15, 0.2) is 10.9 Å². The van der Waals surface area contributed by atoms with E-state index in [9.17, 15) is 8.42 Å². The first kappa shape index (κ1) is 15.3. The summed E-state index contributed by atoms with van der Waals surface area (Å²) in [4.78, 5) is 12.0. The number of hydrogen-bond donors (Lipinski definition) is 1. The molecule has 0 spiro atoms. The van der Waals surface area contributed by atoms with E-state index in [1.54, 1.807) is 36.1 Å². The highest BCUT2D eigenvalue weighted by Gasteiger charge is 2.17. The van der Waals surface area contributed by atoms with Gasteiger partial charge in [0.25, 0.3) is 15.9 Å². The van der Waals surface area contributed by atoms with Gasteiger partial charge in [-0.2, -0.15) is 4.98 Å². The number of imidazole rings is 1. The summed E-state index contributed by atoms with van der Waals surface area (Å²) in [5, 5.41) is 3.80. The number of nitrogens with one attached hydrogen (secondary N) is 1. The van der Waals surface area contributed by atoms with Crippen LogP contribution in [0.25, 0.3) is 11.5 Å². The standard InChI is InChI=1S/C13H14N6O3S/c1-19-8-12(15-9-19)23(20,21)16-6-4-11-17-13(22-18-11)10-3-2-5-14-7-10/h2-3,5,7-9,16H,4,6H2,1H3. The van der Waals surface area contributed by atoms with Crippen molar-refractivity contribution in [2.75, 3.05) is 6.54 Å². The quantitative estimate of drug-likeness (QED) is 0.693. The van der Waals surface area contributed by atoms with Crippen LogP contribution in [-0.2, 0) is 23.5 Å². The van der Waals surface area contributed by atoms with Crippen LogP contribution < -0.4 is 4.72 Å². The SMILES string of the molecule is Cn1cnc(S(=O)(=O)NCCc2noc(-c3cccnc3)n2)c1. The number of nitrogens with zero attached hydrogens (tertiary/aromatic N) is 5. The van der Waals surface area contributed by atoms with Crippen LogP contribution >= 0.6 is 0 Å². The summed E-state index contributed by atoms with van der Waals surface area (Å²) >= 11 is 0. The smallest absolute Gasteiger partial charge is 0.259 e. The molecule has 0 aromatic carbocycles. The Bertz CT molecular complexity index is 887. The highest BCUT2D eigenvalue weighted by molar-refractivity contribution is 7.89. The van der Waals surface area contributed by atoms with E-state index in [1.165, 1.54) is 12.5 Å². The molecule has 0 amide bonds. The average molecular weight is 334 g/mol. The fourth-order valence-corrected chi connectivity index (χ4v) is 2.87. The number of pyridine rings is 1. The summed E-state index contributed by atoms with van der Waals surface area (Å²) in [6.07, 6.45) is 6.41. The summed E-state index contributed by atoms with van der Waals surface area (Å²) in [7, 11) is -1.93. The highest BCUT2D eigenvalue weighted by atomic mass is 32.2. The van der Waals surface area contributed by atoms with Crippen LogP contribution in [0.2, 0.25) is 0 Å². The van der Waals surface area contributed by atoms with E-state index in [0.29, 0.717) is 23.7 Å². The first-order valence-corrected chi connectivity index (χ1v) is 8.23. The number of aromatic nitrogens is 5. The van der Waals surface area contributed by atoms with Crippen LogP contribution in [0.5, 0.6) is 0 Å². The van der Waals surface area contributed by atoms with Crippen molar-refractivity contribution in [3.8, 4) is 11.5 Å². The minimum Gasteiger partial charge on any atom is -0.339 e. The Balaban J connectivity index is 1.60. The Morgan fingerprint density at radius 2 is 2.26 bits per heavy atom. The molecule has 0 unspecified atom stereocenters. The van der Waals surface area contributed by atoms with Crippen molar-refractivity contribution in [1.29, 1.82) is 0 Å². The summed E-state index contributed by atoms with van der Waals surface area (Å²) in [6.45, 7) is 0.144. The average Bonchev–Trinajstić information content (AvgIpc) is 3.17. The number of sulfonamides is 1. The molecule has 3 rings (SSSR count). The molecule has 0 aliphatic rings. The lowest BCUT2D eigenvalue weighted by molar-refractivity contribution is 0.422. The lowest BCUT2D eigenvalue weighted by Crippen LogP contribution is -2.26. The topological polar surface area (TPSA) is 116 Å². The van der Waals surface area contributed by atoms with Crippen LogP contribution in [0.3, 0.4) is 0 Å². The van der Waals surface area contributed by atoms with Crippen molar-refractivity contribution >= 4 is 10.0 Å². The van der Waals surface area contributed by atoms with Gasteiger partial charge in [0.05, 0.1) is 11.9 Å². The summed E-state index contributed by atoms with van der Waals surface area (Å²) in [5.74, 6) is 0.758. The van der Waals surface area contributed by atoms with E-state index in [1.807, 2.05) is 0 Å². The molecule has 10 heteroatoms. The van der Waals surface area contributed by atoms with Gasteiger partial charge in [-0.3, -0.25) is 4.98 Å². The maximum absolute atomic E-state index is 12.0. The molecule has 0 radical (unpaired) electrons. The molecule has 0 aliphatic heterocycles. The van der Waals surface area contributed by atoms with Gasteiger partial charge >= 0.3 is 0 Å². The Morgan fingerprint density at radius 1 is 1.39 bits per heavy atom. The van der Waals surface area contributed by atoms with Crippen LogP contribution in [-0.4, -0.2) is 39.6 Å². The normalized spacial score (nSPS) is 11.7. The lowest BCUT2D eigenvalue weighted by Gasteiger charge is -2.01. The third kappa shape index (κ3) is 3.60. The zero-order valence-corrected chi connectivity index (χ0v) is 13.1. The van der Waals surface area contributed by atoms with E-state index in [-0.39, 0.29) is 11.6 Å². The van der Waals surface area contributed by atoms with E-state index in [4.69, 9.17) is 4.52 Å². The van der Waals surface area contributed by atoms with Crippen molar-refractivity contribution in [2.24, 2.45) is 7.05 Å². The Hall–Kier alpha value is -2.59. The van der Waals surface area contributed by atoms with Crippen LogP contribution in [0.1, 0.15) is 5.82 Å². The van der Waals surface area contributed by atoms with E-state index >= 15 is 0 Å². The predicted octanol–water partition coefficient (Wildman–Crippen LogP) is 0.386. The molecule has 0 bridgehead atoms. The largest absolute Gasteiger partial charge is 0.339 e. The molecule has 0 saturated heterocycles. The number of hydrogen-bond acceptors (Lipinski definition) is 7. The molecule has 3 aromatic heterocycles. The van der Waals surface area contributed by atoms with Crippen molar-refractivity contribution in [2.45, 2.75) is 11.4 Å². The molecule has 23 heavy (non-hydrogen) atoms. The van der Waals surface area contributed by atoms with Crippen molar-refractivity contribution in [3.05, 3.63) is 42.9 Å². The van der Waals surface area contributed by atoms with E-state index < -0.39 is 10.0 Å². The zero-order chi connectivity index (χ0) is 16.3. The van der Waals surface area contributed by atoms with E-state index in [2.05, 4.69) is 24.8 Å². The van der Waals surface area contributed by atoms with Crippen LogP contribution in [0.15, 0.2) is 46.6 Å². The molecule has 0 atom stereocenters. The molecule has 3 aromatic rings. The number of rotatable bonds is 6.